The average Bonchev–Trinajstić information content (AvgIpc) is 2.48. The minimum absolute atomic E-state index is 0.442. The molecule has 1 unspecified atom stereocenters. The Morgan fingerprint density at radius 1 is 1.91 bits per heavy atom. The van der Waals surface area contributed by atoms with E-state index in [1.54, 1.807) is 6.20 Å². The first-order chi connectivity index (χ1) is 5.36. The van der Waals surface area contributed by atoms with E-state index in [-0.39, 0.29) is 0 Å². The molecular formula is C5H5INO2PS. The lowest BCUT2D eigenvalue weighted by atomic mass is 10.6. The van der Waals surface area contributed by atoms with Crippen molar-refractivity contribution in [2.24, 2.45) is 0 Å². The van der Waals surface area contributed by atoms with Gasteiger partial charge in [-0.05, 0) is 22.0 Å². The van der Waals surface area contributed by atoms with Gasteiger partial charge < -0.3 is 4.52 Å². The molecule has 0 amide bonds. The highest BCUT2D eigenvalue weighted by atomic mass is 127. The third-order valence-corrected chi connectivity index (χ3v) is 3.02. The molecule has 0 saturated carbocycles. The second-order valence-electron chi connectivity index (χ2n) is 1.64. The highest BCUT2D eigenvalue weighted by Crippen LogP contribution is 2.24. The van der Waals surface area contributed by atoms with E-state index in [9.17, 15) is 4.79 Å². The molecule has 0 radical (unpaired) electrons. The van der Waals surface area contributed by atoms with Crippen LogP contribution in [0.3, 0.4) is 0 Å². The van der Waals surface area contributed by atoms with Crippen molar-refractivity contribution >= 4 is 46.1 Å². The second kappa shape index (κ2) is 5.13. The number of hydrogen-bond donors (Lipinski definition) is 0. The zero-order chi connectivity index (χ0) is 8.10. The van der Waals surface area contributed by atoms with Crippen LogP contribution < -0.4 is 0 Å². The molecule has 0 saturated heterocycles. The minimum atomic E-state index is 0.442. The van der Waals surface area contributed by atoms with Crippen molar-refractivity contribution in [3.05, 3.63) is 16.1 Å². The van der Waals surface area contributed by atoms with Crippen molar-refractivity contribution in [1.29, 1.82) is 0 Å². The van der Waals surface area contributed by atoms with Gasteiger partial charge in [-0.1, -0.05) is 0 Å². The van der Waals surface area contributed by atoms with Gasteiger partial charge in [-0.15, -0.1) is 11.3 Å². The van der Waals surface area contributed by atoms with Gasteiger partial charge in [0.25, 0.3) is 0 Å². The van der Waals surface area contributed by atoms with Crippen molar-refractivity contribution in [2.75, 3.05) is 0 Å². The molecule has 11 heavy (non-hydrogen) atoms. The maximum absolute atomic E-state index is 10.2. The fraction of sp³-hybridized carbons (Fsp3) is 0.200. The molecule has 6 heteroatoms. The van der Waals surface area contributed by atoms with Crippen LogP contribution in [0.5, 0.6) is 0 Å². The summed E-state index contributed by atoms with van der Waals surface area (Å²) in [6.07, 6.45) is 2.36. The molecule has 60 valence electrons. The van der Waals surface area contributed by atoms with Crippen LogP contribution in [0, 0.1) is 0 Å². The Kier molecular flexibility index (Phi) is 4.44. The Balaban J connectivity index is 2.51. The van der Waals surface area contributed by atoms with Crippen LogP contribution in [-0.4, -0.2) is 11.3 Å². The molecule has 0 aliphatic heterocycles. The molecule has 0 N–H and O–H groups in total. The lowest BCUT2D eigenvalue weighted by Gasteiger charge is -1.91. The van der Waals surface area contributed by atoms with Gasteiger partial charge in [0.2, 0.25) is 0 Å². The number of thiazole rings is 1. The van der Waals surface area contributed by atoms with E-state index in [1.165, 1.54) is 11.3 Å². The third-order valence-electron chi connectivity index (χ3n) is 0.938. The van der Waals surface area contributed by atoms with Gasteiger partial charge >= 0.3 is 0 Å². The van der Waals surface area contributed by atoms with Crippen molar-refractivity contribution in [1.82, 2.24) is 4.98 Å². The summed E-state index contributed by atoms with van der Waals surface area (Å²) < 4.78 is 5.12. The molecule has 0 spiro atoms. The molecule has 1 atom stereocenters. The number of nitrogens with zero attached hydrogens (tertiary/aromatic N) is 1. The number of aromatic nitrogens is 1. The maximum atomic E-state index is 10.2. The fourth-order valence-electron chi connectivity index (χ4n) is 0.535. The molecule has 0 aromatic carbocycles. The number of carbonyl (C=O) groups excluding carboxylic acids is 1. The van der Waals surface area contributed by atoms with E-state index < -0.39 is 0 Å². The first-order valence-electron chi connectivity index (χ1n) is 2.74. The molecule has 0 fully saturated rings. The van der Waals surface area contributed by atoms with Gasteiger partial charge in [0.05, 0.1) is 11.3 Å². The second-order valence-corrected chi connectivity index (χ2v) is 4.55. The standard InChI is InChI=1S/C5H5INO2PS/c6-10-9-3-5-7-1-4(2-8)11-5/h1-2,10H,3H2. The van der Waals surface area contributed by atoms with Gasteiger partial charge in [-0.2, -0.15) is 0 Å². The summed E-state index contributed by atoms with van der Waals surface area (Å²) in [5.41, 5.74) is 0. The predicted octanol–water partition coefficient (Wildman–Crippen LogP) is 2.42. The lowest BCUT2D eigenvalue weighted by molar-refractivity contribution is 0.112. The van der Waals surface area contributed by atoms with Crippen LogP contribution >= 0.6 is 39.8 Å². The highest BCUT2D eigenvalue weighted by Gasteiger charge is 1.99. The van der Waals surface area contributed by atoms with E-state index >= 15 is 0 Å². The predicted molar refractivity (Wildman–Crippen MR) is 54.6 cm³/mol. The van der Waals surface area contributed by atoms with E-state index in [2.05, 4.69) is 27.0 Å². The number of halogens is 1. The Hall–Kier alpha value is 0.420. The molecular weight excluding hydrogens is 296 g/mol. The van der Waals surface area contributed by atoms with Gasteiger partial charge in [0.1, 0.15) is 11.6 Å². The summed E-state index contributed by atoms with van der Waals surface area (Å²) >= 11 is 3.51. The zero-order valence-electron chi connectivity index (χ0n) is 5.41. The lowest BCUT2D eigenvalue weighted by Crippen LogP contribution is -1.79. The summed E-state index contributed by atoms with van der Waals surface area (Å²) in [6, 6.07) is 0. The number of hydrogen-bond acceptors (Lipinski definition) is 4. The number of rotatable bonds is 4. The molecule has 1 aromatic heterocycles. The van der Waals surface area contributed by atoms with Crippen LogP contribution in [0.1, 0.15) is 14.7 Å². The normalized spacial score (nSPS) is 11.0. The van der Waals surface area contributed by atoms with Gasteiger partial charge in [-0.25, -0.2) is 4.98 Å². The average molecular weight is 301 g/mol. The monoisotopic (exact) mass is 301 g/mol. The quantitative estimate of drug-likeness (QED) is 0.487. The molecule has 3 nitrogen and oxygen atoms in total. The largest absolute Gasteiger partial charge is 0.345 e. The Bertz CT molecular complexity index is 242. The molecule has 1 rings (SSSR count). The van der Waals surface area contributed by atoms with Gasteiger partial charge in [0.15, 0.2) is 6.29 Å². The molecule has 0 bridgehead atoms. The molecule has 0 aliphatic carbocycles. The van der Waals surface area contributed by atoms with Crippen LogP contribution in [0.15, 0.2) is 6.20 Å². The topological polar surface area (TPSA) is 39.2 Å². The molecule has 1 aromatic rings. The van der Waals surface area contributed by atoms with Gasteiger partial charge in [0, 0.05) is 6.20 Å². The zero-order valence-corrected chi connectivity index (χ0v) is 9.39. The van der Waals surface area contributed by atoms with E-state index in [1.807, 2.05) is 0 Å². The Morgan fingerprint density at radius 2 is 2.73 bits per heavy atom. The van der Waals surface area contributed by atoms with E-state index in [0.717, 1.165) is 11.3 Å². The Labute approximate surface area is 82.9 Å². The summed E-state index contributed by atoms with van der Waals surface area (Å²) in [7, 11) is 0. The molecule has 1 heterocycles. The first-order valence-corrected chi connectivity index (χ1v) is 7.58. The minimum Gasteiger partial charge on any atom is -0.345 e. The number of aldehydes is 1. The third kappa shape index (κ3) is 3.11. The smallest absolute Gasteiger partial charge is 0.161 e. The summed E-state index contributed by atoms with van der Waals surface area (Å²) in [5, 5.41) is 0.858. The SMILES string of the molecule is O=Cc1cnc(COPI)s1. The van der Waals surface area contributed by atoms with E-state index in [4.69, 9.17) is 4.52 Å². The highest BCUT2D eigenvalue weighted by molar-refractivity contribution is 14.2. The first kappa shape index (κ1) is 9.51. The fourth-order valence-corrected chi connectivity index (χ4v) is 1.95. The molecule has 0 aliphatic rings. The summed E-state index contributed by atoms with van der Waals surface area (Å²) in [4.78, 5) is 14.9. The van der Waals surface area contributed by atoms with Crippen molar-refractivity contribution in [2.45, 2.75) is 6.61 Å². The van der Waals surface area contributed by atoms with E-state index in [0.29, 0.717) is 17.9 Å². The van der Waals surface area contributed by atoms with Crippen LogP contribution in [0.4, 0.5) is 0 Å². The Morgan fingerprint density at radius 3 is 3.27 bits per heavy atom. The van der Waals surface area contributed by atoms with Crippen LogP contribution in [-0.2, 0) is 11.1 Å². The van der Waals surface area contributed by atoms with Crippen molar-refractivity contribution < 1.29 is 9.32 Å². The van der Waals surface area contributed by atoms with Crippen molar-refractivity contribution in [3.63, 3.8) is 0 Å². The van der Waals surface area contributed by atoms with Crippen LogP contribution in [0.2, 0.25) is 0 Å². The summed E-state index contributed by atoms with van der Waals surface area (Å²) in [6.45, 7) is 0.955. The van der Waals surface area contributed by atoms with Crippen molar-refractivity contribution in [3.8, 4) is 0 Å². The maximum Gasteiger partial charge on any atom is 0.161 e. The number of carbonyl (C=O) groups is 1. The van der Waals surface area contributed by atoms with Crippen LogP contribution in [0.25, 0.3) is 0 Å². The van der Waals surface area contributed by atoms with Gasteiger partial charge in [-0.3, -0.25) is 4.79 Å². The summed E-state index contributed by atoms with van der Waals surface area (Å²) in [5.74, 6) is 0.